The SMILES string of the molecule is CN(Cc1cc(N)cc(Cl)c1)c1cccc(F)c1. The van der Waals surface area contributed by atoms with Crippen LogP contribution in [0.15, 0.2) is 42.5 Å². The van der Waals surface area contributed by atoms with Gasteiger partial charge in [0.15, 0.2) is 0 Å². The van der Waals surface area contributed by atoms with E-state index < -0.39 is 0 Å². The highest BCUT2D eigenvalue weighted by Gasteiger charge is 2.04. The molecule has 2 nitrogen and oxygen atoms in total. The molecule has 0 unspecified atom stereocenters. The largest absolute Gasteiger partial charge is 0.399 e. The lowest BCUT2D eigenvalue weighted by molar-refractivity contribution is 0.627. The van der Waals surface area contributed by atoms with Gasteiger partial charge in [-0.3, -0.25) is 0 Å². The van der Waals surface area contributed by atoms with E-state index >= 15 is 0 Å². The number of nitrogen functional groups attached to an aromatic ring is 1. The zero-order chi connectivity index (χ0) is 13.1. The van der Waals surface area contributed by atoms with Gasteiger partial charge in [-0.05, 0) is 42.0 Å². The number of halogens is 2. The first kappa shape index (κ1) is 12.7. The highest BCUT2D eigenvalue weighted by atomic mass is 35.5. The molecule has 0 fully saturated rings. The molecule has 2 N–H and O–H groups in total. The molecule has 0 aliphatic rings. The highest BCUT2D eigenvalue weighted by Crippen LogP contribution is 2.20. The maximum atomic E-state index is 13.1. The lowest BCUT2D eigenvalue weighted by atomic mass is 10.2. The maximum Gasteiger partial charge on any atom is 0.125 e. The molecule has 0 aliphatic carbocycles. The van der Waals surface area contributed by atoms with Crippen molar-refractivity contribution in [3.05, 3.63) is 58.9 Å². The molecule has 0 spiro atoms. The normalized spacial score (nSPS) is 10.4. The fourth-order valence-corrected chi connectivity index (χ4v) is 2.11. The predicted octanol–water partition coefficient (Wildman–Crippen LogP) is 3.70. The molecule has 0 heterocycles. The van der Waals surface area contributed by atoms with Gasteiger partial charge in [0, 0.05) is 30.0 Å². The minimum atomic E-state index is -0.245. The number of hydrogen-bond donors (Lipinski definition) is 1. The van der Waals surface area contributed by atoms with Crippen molar-refractivity contribution in [3.63, 3.8) is 0 Å². The van der Waals surface area contributed by atoms with Gasteiger partial charge in [-0.2, -0.15) is 0 Å². The van der Waals surface area contributed by atoms with Crippen molar-refractivity contribution >= 4 is 23.0 Å². The Kier molecular flexibility index (Phi) is 3.72. The average Bonchev–Trinajstić information content (AvgIpc) is 2.27. The van der Waals surface area contributed by atoms with Crippen LogP contribution >= 0.6 is 11.6 Å². The molecule has 0 saturated heterocycles. The van der Waals surface area contributed by atoms with Crippen LogP contribution in [-0.2, 0) is 6.54 Å². The first-order valence-corrected chi connectivity index (χ1v) is 5.94. The first-order chi connectivity index (χ1) is 8.54. The highest BCUT2D eigenvalue weighted by molar-refractivity contribution is 6.30. The predicted molar refractivity (Wildman–Crippen MR) is 74.4 cm³/mol. The zero-order valence-corrected chi connectivity index (χ0v) is 10.8. The molecule has 0 radical (unpaired) electrons. The van der Waals surface area contributed by atoms with E-state index in [4.69, 9.17) is 17.3 Å². The van der Waals surface area contributed by atoms with Gasteiger partial charge in [-0.1, -0.05) is 17.7 Å². The molecule has 0 amide bonds. The summed E-state index contributed by atoms with van der Waals surface area (Å²) in [5.74, 6) is -0.245. The summed E-state index contributed by atoms with van der Waals surface area (Å²) in [5.41, 5.74) is 8.17. The van der Waals surface area contributed by atoms with Crippen LogP contribution in [0.5, 0.6) is 0 Å². The number of hydrogen-bond acceptors (Lipinski definition) is 2. The van der Waals surface area contributed by atoms with Crippen LogP contribution in [0, 0.1) is 5.82 Å². The molecule has 2 aromatic rings. The van der Waals surface area contributed by atoms with Gasteiger partial charge in [0.05, 0.1) is 0 Å². The molecule has 94 valence electrons. The summed E-state index contributed by atoms with van der Waals surface area (Å²) in [6.07, 6.45) is 0. The molecule has 0 bridgehead atoms. The topological polar surface area (TPSA) is 29.3 Å². The second-order valence-corrected chi connectivity index (χ2v) is 4.67. The van der Waals surface area contributed by atoms with Crippen LogP contribution in [0.25, 0.3) is 0 Å². The van der Waals surface area contributed by atoms with E-state index in [0.717, 1.165) is 11.3 Å². The van der Waals surface area contributed by atoms with Crippen molar-refractivity contribution in [1.29, 1.82) is 0 Å². The molecular weight excluding hydrogens is 251 g/mol. The Labute approximate surface area is 111 Å². The van der Waals surface area contributed by atoms with E-state index in [1.807, 2.05) is 30.1 Å². The summed E-state index contributed by atoms with van der Waals surface area (Å²) in [5, 5.41) is 0.609. The van der Waals surface area contributed by atoms with Gasteiger partial charge in [-0.25, -0.2) is 4.39 Å². The van der Waals surface area contributed by atoms with Crippen molar-refractivity contribution < 1.29 is 4.39 Å². The monoisotopic (exact) mass is 264 g/mol. The second kappa shape index (κ2) is 5.27. The number of benzene rings is 2. The van der Waals surface area contributed by atoms with E-state index in [1.165, 1.54) is 12.1 Å². The second-order valence-electron chi connectivity index (χ2n) is 4.23. The minimum Gasteiger partial charge on any atom is -0.399 e. The van der Waals surface area contributed by atoms with Crippen molar-refractivity contribution in [2.75, 3.05) is 17.7 Å². The van der Waals surface area contributed by atoms with Crippen LogP contribution in [-0.4, -0.2) is 7.05 Å². The molecule has 2 aromatic carbocycles. The van der Waals surface area contributed by atoms with Gasteiger partial charge < -0.3 is 10.6 Å². The van der Waals surface area contributed by atoms with Crippen molar-refractivity contribution in [2.45, 2.75) is 6.54 Å². The van der Waals surface area contributed by atoms with E-state index in [2.05, 4.69) is 0 Å². The van der Waals surface area contributed by atoms with Gasteiger partial charge in [-0.15, -0.1) is 0 Å². The summed E-state index contributed by atoms with van der Waals surface area (Å²) in [6, 6.07) is 11.9. The third-order valence-corrected chi connectivity index (χ3v) is 2.87. The third kappa shape index (κ3) is 3.14. The Morgan fingerprint density at radius 2 is 2.00 bits per heavy atom. The molecule has 4 heteroatoms. The molecule has 0 atom stereocenters. The van der Waals surface area contributed by atoms with Gasteiger partial charge >= 0.3 is 0 Å². The summed E-state index contributed by atoms with van der Waals surface area (Å²) < 4.78 is 13.1. The Morgan fingerprint density at radius 1 is 1.22 bits per heavy atom. The number of nitrogens with two attached hydrogens (primary N) is 1. The zero-order valence-electron chi connectivity index (χ0n) is 10.0. The molecule has 18 heavy (non-hydrogen) atoms. The Balaban J connectivity index is 2.18. The van der Waals surface area contributed by atoms with Crippen LogP contribution in [0.2, 0.25) is 5.02 Å². The number of anilines is 2. The summed E-state index contributed by atoms with van der Waals surface area (Å²) in [7, 11) is 1.89. The minimum absolute atomic E-state index is 0.245. The standard InChI is InChI=1S/C14H14ClFN2/c1-18(14-4-2-3-12(16)8-14)9-10-5-11(15)7-13(17)6-10/h2-8H,9,17H2,1H3. The van der Waals surface area contributed by atoms with Crippen LogP contribution in [0.3, 0.4) is 0 Å². The van der Waals surface area contributed by atoms with Gasteiger partial charge in [0.25, 0.3) is 0 Å². The van der Waals surface area contributed by atoms with Crippen molar-refractivity contribution in [1.82, 2.24) is 0 Å². The average molecular weight is 265 g/mol. The summed E-state index contributed by atoms with van der Waals surface area (Å²) >= 11 is 5.95. The van der Waals surface area contributed by atoms with E-state index in [0.29, 0.717) is 17.3 Å². The van der Waals surface area contributed by atoms with E-state index in [1.54, 1.807) is 12.1 Å². The quantitative estimate of drug-likeness (QED) is 0.857. The Bertz CT molecular complexity index is 537. The van der Waals surface area contributed by atoms with Crippen LogP contribution < -0.4 is 10.6 Å². The summed E-state index contributed by atoms with van der Waals surface area (Å²) in [4.78, 5) is 1.94. The van der Waals surface area contributed by atoms with Crippen LogP contribution in [0.4, 0.5) is 15.8 Å². The Hall–Kier alpha value is -1.74. The molecule has 0 saturated carbocycles. The molecular formula is C14H14ClFN2. The smallest absolute Gasteiger partial charge is 0.125 e. The van der Waals surface area contributed by atoms with Gasteiger partial charge in [0.2, 0.25) is 0 Å². The number of nitrogens with zero attached hydrogens (tertiary/aromatic N) is 1. The van der Waals surface area contributed by atoms with Gasteiger partial charge in [0.1, 0.15) is 5.82 Å². The van der Waals surface area contributed by atoms with E-state index in [9.17, 15) is 4.39 Å². The van der Waals surface area contributed by atoms with E-state index in [-0.39, 0.29) is 5.82 Å². The van der Waals surface area contributed by atoms with Crippen molar-refractivity contribution in [2.24, 2.45) is 0 Å². The molecule has 2 rings (SSSR count). The van der Waals surface area contributed by atoms with Crippen molar-refractivity contribution in [3.8, 4) is 0 Å². The lowest BCUT2D eigenvalue weighted by Crippen LogP contribution is -2.16. The lowest BCUT2D eigenvalue weighted by Gasteiger charge is -2.19. The third-order valence-electron chi connectivity index (χ3n) is 2.65. The summed E-state index contributed by atoms with van der Waals surface area (Å²) in [6.45, 7) is 0.619. The Morgan fingerprint density at radius 3 is 2.67 bits per heavy atom. The molecule has 0 aromatic heterocycles. The fourth-order valence-electron chi connectivity index (χ4n) is 1.85. The maximum absolute atomic E-state index is 13.1. The first-order valence-electron chi connectivity index (χ1n) is 5.56. The fraction of sp³-hybridized carbons (Fsp3) is 0.143. The molecule has 0 aliphatic heterocycles. The van der Waals surface area contributed by atoms with Crippen LogP contribution in [0.1, 0.15) is 5.56 Å². The number of rotatable bonds is 3.